The van der Waals surface area contributed by atoms with Crippen molar-refractivity contribution in [2.45, 2.75) is 23.5 Å². The fourth-order valence-corrected chi connectivity index (χ4v) is 3.58. The highest BCUT2D eigenvalue weighted by atomic mass is 35.5. The van der Waals surface area contributed by atoms with Gasteiger partial charge in [0, 0.05) is 18.0 Å². The van der Waals surface area contributed by atoms with E-state index in [2.05, 4.69) is 0 Å². The molecular weight excluding hydrogens is 320 g/mol. The Bertz CT molecular complexity index is 606. The van der Waals surface area contributed by atoms with Crippen LogP contribution in [0.25, 0.3) is 0 Å². The van der Waals surface area contributed by atoms with E-state index >= 15 is 0 Å². The molecular formula is C10H10Cl2FNO4S. The van der Waals surface area contributed by atoms with Crippen molar-refractivity contribution in [3.05, 3.63) is 33.1 Å². The Labute approximate surface area is 119 Å². The van der Waals surface area contributed by atoms with Gasteiger partial charge < -0.3 is 0 Å². The standard InChI is InChI=1S/C10H10Cl2FNO4S/c1-6(2-3-11)19(17,18)10-5-8(13)7(12)4-9(10)14(15)16/h4-6H,2-3H2,1H3. The Kier molecular flexibility index (Phi) is 5.11. The summed E-state index contributed by atoms with van der Waals surface area (Å²) in [4.78, 5) is 9.25. The zero-order valence-corrected chi connectivity index (χ0v) is 12.1. The van der Waals surface area contributed by atoms with Crippen molar-refractivity contribution in [2.24, 2.45) is 0 Å². The Balaban J connectivity index is 3.49. The number of hydrogen-bond donors (Lipinski definition) is 0. The van der Waals surface area contributed by atoms with Crippen LogP contribution in [0.3, 0.4) is 0 Å². The van der Waals surface area contributed by atoms with Crippen LogP contribution >= 0.6 is 23.2 Å². The summed E-state index contributed by atoms with van der Waals surface area (Å²) in [6, 6.07) is 1.26. The van der Waals surface area contributed by atoms with Crippen LogP contribution < -0.4 is 0 Å². The van der Waals surface area contributed by atoms with Crippen molar-refractivity contribution >= 4 is 38.7 Å². The molecule has 1 atom stereocenters. The van der Waals surface area contributed by atoms with Gasteiger partial charge in [-0.15, -0.1) is 11.6 Å². The molecule has 0 fully saturated rings. The summed E-state index contributed by atoms with van der Waals surface area (Å²) < 4.78 is 37.6. The highest BCUT2D eigenvalue weighted by Gasteiger charge is 2.32. The minimum absolute atomic E-state index is 0.0737. The lowest BCUT2D eigenvalue weighted by molar-refractivity contribution is -0.387. The second-order valence-electron chi connectivity index (χ2n) is 3.82. The Morgan fingerprint density at radius 3 is 2.53 bits per heavy atom. The van der Waals surface area contributed by atoms with Gasteiger partial charge in [-0.3, -0.25) is 10.1 Å². The fourth-order valence-electron chi connectivity index (χ4n) is 1.41. The minimum atomic E-state index is -4.04. The topological polar surface area (TPSA) is 77.3 Å². The van der Waals surface area contributed by atoms with Gasteiger partial charge in [0.2, 0.25) is 0 Å². The summed E-state index contributed by atoms with van der Waals surface area (Å²) in [5.41, 5.74) is -0.743. The van der Waals surface area contributed by atoms with Crippen molar-refractivity contribution in [1.82, 2.24) is 0 Å². The molecule has 0 amide bonds. The normalized spacial score (nSPS) is 13.3. The van der Waals surface area contributed by atoms with Gasteiger partial charge in [-0.2, -0.15) is 0 Å². The molecule has 0 N–H and O–H groups in total. The van der Waals surface area contributed by atoms with Crippen LogP contribution in [0.15, 0.2) is 17.0 Å². The molecule has 0 aromatic heterocycles. The quantitative estimate of drug-likeness (QED) is 0.472. The number of alkyl halides is 1. The first kappa shape index (κ1) is 16.1. The summed E-state index contributed by atoms with van der Waals surface area (Å²) in [6.45, 7) is 1.36. The molecule has 106 valence electrons. The molecule has 0 bridgehead atoms. The number of hydrogen-bond acceptors (Lipinski definition) is 4. The van der Waals surface area contributed by atoms with E-state index in [1.165, 1.54) is 6.92 Å². The average molecular weight is 330 g/mol. The molecule has 0 aliphatic heterocycles. The van der Waals surface area contributed by atoms with Crippen molar-refractivity contribution < 1.29 is 17.7 Å². The van der Waals surface area contributed by atoms with Crippen LogP contribution in [0, 0.1) is 15.9 Å². The van der Waals surface area contributed by atoms with Crippen molar-refractivity contribution in [1.29, 1.82) is 0 Å². The van der Waals surface area contributed by atoms with E-state index in [1.54, 1.807) is 0 Å². The number of nitrogens with zero attached hydrogens (tertiary/aromatic N) is 1. The lowest BCUT2D eigenvalue weighted by Gasteiger charge is -2.12. The number of halogens is 3. The zero-order valence-electron chi connectivity index (χ0n) is 9.77. The average Bonchev–Trinajstić information content (AvgIpc) is 2.31. The maximum absolute atomic E-state index is 13.4. The van der Waals surface area contributed by atoms with Crippen LogP contribution in [-0.4, -0.2) is 24.5 Å². The lowest BCUT2D eigenvalue weighted by atomic mass is 10.3. The molecule has 0 aliphatic rings. The van der Waals surface area contributed by atoms with E-state index in [4.69, 9.17) is 23.2 Å². The van der Waals surface area contributed by atoms with E-state index in [-0.39, 0.29) is 12.3 Å². The van der Waals surface area contributed by atoms with Crippen molar-refractivity contribution in [3.8, 4) is 0 Å². The summed E-state index contributed by atoms with van der Waals surface area (Å²) >= 11 is 10.9. The van der Waals surface area contributed by atoms with Crippen LogP contribution in [0.1, 0.15) is 13.3 Å². The monoisotopic (exact) mass is 329 g/mol. The molecule has 0 heterocycles. The summed E-state index contributed by atoms with van der Waals surface area (Å²) in [6.07, 6.45) is 0.102. The van der Waals surface area contributed by atoms with Crippen LogP contribution in [0.2, 0.25) is 5.02 Å². The molecule has 1 rings (SSSR count). The molecule has 0 spiro atoms. The second-order valence-corrected chi connectivity index (χ2v) is 6.94. The van der Waals surface area contributed by atoms with E-state index in [0.717, 1.165) is 0 Å². The summed E-state index contributed by atoms with van der Waals surface area (Å²) in [5, 5.41) is 9.39. The van der Waals surface area contributed by atoms with Gasteiger partial charge in [-0.1, -0.05) is 11.6 Å². The SMILES string of the molecule is CC(CCCl)S(=O)(=O)c1cc(F)c(Cl)cc1[N+](=O)[O-]. The maximum Gasteiger partial charge on any atom is 0.289 e. The van der Waals surface area contributed by atoms with Gasteiger partial charge in [0.25, 0.3) is 5.69 Å². The van der Waals surface area contributed by atoms with Crippen molar-refractivity contribution in [2.75, 3.05) is 5.88 Å². The van der Waals surface area contributed by atoms with Gasteiger partial charge >= 0.3 is 0 Å². The predicted molar refractivity (Wildman–Crippen MR) is 70.0 cm³/mol. The maximum atomic E-state index is 13.4. The Morgan fingerprint density at radius 2 is 2.05 bits per heavy atom. The molecule has 1 aromatic carbocycles. The Morgan fingerprint density at radius 1 is 1.47 bits per heavy atom. The van der Waals surface area contributed by atoms with Crippen molar-refractivity contribution in [3.63, 3.8) is 0 Å². The largest absolute Gasteiger partial charge is 0.289 e. The molecule has 1 aromatic rings. The highest BCUT2D eigenvalue weighted by Crippen LogP contribution is 2.32. The first-order chi connectivity index (χ1) is 8.71. The molecule has 5 nitrogen and oxygen atoms in total. The predicted octanol–water partition coefficient (Wildman–Crippen LogP) is 3.18. The number of nitro groups is 1. The third-order valence-corrected chi connectivity index (χ3v) is 5.29. The number of benzene rings is 1. The lowest BCUT2D eigenvalue weighted by Crippen LogP contribution is -2.20. The minimum Gasteiger partial charge on any atom is -0.258 e. The van der Waals surface area contributed by atoms with Crippen LogP contribution in [-0.2, 0) is 9.84 Å². The fraction of sp³-hybridized carbons (Fsp3) is 0.400. The molecule has 0 saturated carbocycles. The highest BCUT2D eigenvalue weighted by molar-refractivity contribution is 7.92. The van der Waals surface area contributed by atoms with E-state index in [0.29, 0.717) is 12.1 Å². The molecule has 0 saturated heterocycles. The zero-order chi connectivity index (χ0) is 14.8. The van der Waals surface area contributed by atoms with E-state index in [9.17, 15) is 22.9 Å². The Hall–Kier alpha value is -0.920. The second kappa shape index (κ2) is 6.02. The molecule has 0 radical (unpaired) electrons. The smallest absolute Gasteiger partial charge is 0.258 e. The van der Waals surface area contributed by atoms with E-state index in [1.807, 2.05) is 0 Å². The van der Waals surface area contributed by atoms with Gasteiger partial charge in [0.1, 0.15) is 10.7 Å². The number of sulfone groups is 1. The van der Waals surface area contributed by atoms with Gasteiger partial charge in [0.15, 0.2) is 9.84 Å². The van der Waals surface area contributed by atoms with Gasteiger partial charge in [-0.25, -0.2) is 12.8 Å². The third-order valence-electron chi connectivity index (χ3n) is 2.55. The van der Waals surface area contributed by atoms with Gasteiger partial charge in [0.05, 0.1) is 15.2 Å². The first-order valence-corrected chi connectivity index (χ1v) is 7.61. The first-order valence-electron chi connectivity index (χ1n) is 5.15. The number of rotatable bonds is 5. The molecule has 0 aliphatic carbocycles. The molecule has 19 heavy (non-hydrogen) atoms. The summed E-state index contributed by atoms with van der Waals surface area (Å²) in [5.74, 6) is -0.950. The van der Waals surface area contributed by atoms with E-state index < -0.39 is 41.4 Å². The molecule has 1 unspecified atom stereocenters. The summed E-state index contributed by atoms with van der Waals surface area (Å²) in [7, 11) is -4.04. The third kappa shape index (κ3) is 3.34. The van der Waals surface area contributed by atoms with Gasteiger partial charge in [-0.05, 0) is 13.3 Å². The molecule has 9 heteroatoms. The number of nitro benzene ring substituents is 1. The van der Waals surface area contributed by atoms with Crippen LogP contribution in [0.5, 0.6) is 0 Å². The van der Waals surface area contributed by atoms with Crippen LogP contribution in [0.4, 0.5) is 10.1 Å².